The first kappa shape index (κ1) is 17.9. The van der Waals surface area contributed by atoms with E-state index in [0.717, 1.165) is 4.47 Å². The van der Waals surface area contributed by atoms with Crippen LogP contribution in [-0.4, -0.2) is 34.2 Å². The van der Waals surface area contributed by atoms with Crippen molar-refractivity contribution in [2.75, 3.05) is 5.32 Å². The Morgan fingerprint density at radius 2 is 1.62 bits per heavy atom. The Kier molecular flexibility index (Phi) is 6.62. The molecule has 1 atom stereocenters. The van der Waals surface area contributed by atoms with Crippen LogP contribution in [-0.2, 0) is 9.59 Å². The maximum atomic E-state index is 11.8. The summed E-state index contributed by atoms with van der Waals surface area (Å²) in [5, 5.41) is 22.0. The van der Waals surface area contributed by atoms with Gasteiger partial charge in [0.15, 0.2) is 0 Å². The van der Waals surface area contributed by atoms with Gasteiger partial charge in [-0.15, -0.1) is 0 Å². The van der Waals surface area contributed by atoms with Crippen LogP contribution in [0.15, 0.2) is 25.6 Å². The third-order valence-electron chi connectivity index (χ3n) is 2.23. The van der Waals surface area contributed by atoms with Gasteiger partial charge in [-0.3, -0.25) is 4.79 Å². The Bertz CT molecular complexity index is 570. The van der Waals surface area contributed by atoms with Gasteiger partial charge in [0.05, 0.1) is 12.1 Å². The lowest BCUT2D eigenvalue weighted by Gasteiger charge is -2.15. The average molecular weight is 489 g/mol. The molecule has 1 aromatic carbocycles. The minimum atomic E-state index is -1.52. The van der Waals surface area contributed by atoms with Crippen LogP contribution in [0, 0.1) is 0 Å². The smallest absolute Gasteiger partial charge is 0.326 e. The number of nitrogens with one attached hydrogen (secondary N) is 2. The second-order valence-electron chi connectivity index (χ2n) is 3.83. The molecule has 0 aliphatic rings. The van der Waals surface area contributed by atoms with E-state index in [4.69, 9.17) is 10.2 Å². The van der Waals surface area contributed by atoms with E-state index in [1.54, 1.807) is 12.1 Å². The van der Waals surface area contributed by atoms with E-state index in [2.05, 4.69) is 58.4 Å². The van der Waals surface area contributed by atoms with Gasteiger partial charge in [-0.2, -0.15) is 0 Å². The molecule has 10 heteroatoms. The number of carbonyl (C=O) groups is 3. The topological polar surface area (TPSA) is 116 Å². The van der Waals surface area contributed by atoms with Crippen LogP contribution >= 0.6 is 47.8 Å². The highest BCUT2D eigenvalue weighted by Crippen LogP contribution is 2.34. The molecule has 0 aromatic heterocycles. The van der Waals surface area contributed by atoms with Crippen molar-refractivity contribution in [3.8, 4) is 0 Å². The molecule has 2 amide bonds. The summed E-state index contributed by atoms with van der Waals surface area (Å²) >= 11 is 9.77. The maximum absolute atomic E-state index is 11.8. The molecule has 0 aliphatic carbocycles. The lowest BCUT2D eigenvalue weighted by Crippen LogP contribution is -2.44. The lowest BCUT2D eigenvalue weighted by atomic mass is 10.2. The molecule has 0 saturated carbocycles. The normalized spacial score (nSPS) is 11.6. The summed E-state index contributed by atoms with van der Waals surface area (Å²) in [7, 11) is 0. The number of amides is 2. The number of hydrogen-bond donors (Lipinski definition) is 4. The van der Waals surface area contributed by atoms with E-state index in [1.165, 1.54) is 0 Å². The van der Waals surface area contributed by atoms with Crippen LogP contribution in [0.5, 0.6) is 0 Å². The van der Waals surface area contributed by atoms with Crippen molar-refractivity contribution in [3.63, 3.8) is 0 Å². The molecule has 21 heavy (non-hydrogen) atoms. The van der Waals surface area contributed by atoms with Crippen molar-refractivity contribution in [2.45, 2.75) is 12.5 Å². The number of benzene rings is 1. The molecule has 0 saturated heterocycles. The molecule has 0 heterocycles. The number of rotatable bonds is 5. The second kappa shape index (κ2) is 7.76. The van der Waals surface area contributed by atoms with Crippen molar-refractivity contribution in [3.05, 3.63) is 25.6 Å². The van der Waals surface area contributed by atoms with Crippen molar-refractivity contribution >= 4 is 71.4 Å². The van der Waals surface area contributed by atoms with Crippen molar-refractivity contribution in [2.24, 2.45) is 0 Å². The van der Waals surface area contributed by atoms with E-state index in [0.29, 0.717) is 14.6 Å². The Hall–Kier alpha value is -1.13. The van der Waals surface area contributed by atoms with Gasteiger partial charge in [0, 0.05) is 13.4 Å². The zero-order valence-electron chi connectivity index (χ0n) is 10.2. The van der Waals surface area contributed by atoms with E-state index in [1.807, 2.05) is 0 Å². The Labute approximate surface area is 144 Å². The number of anilines is 1. The third kappa shape index (κ3) is 5.64. The number of carboxylic acid groups (broad SMARTS) is 2. The highest BCUT2D eigenvalue weighted by Gasteiger charge is 2.23. The molecule has 1 aromatic rings. The second-order valence-corrected chi connectivity index (χ2v) is 6.46. The number of aliphatic carboxylic acids is 2. The predicted molar refractivity (Wildman–Crippen MR) is 85.4 cm³/mol. The summed E-state index contributed by atoms with van der Waals surface area (Å²) in [6.07, 6.45) is -0.717. The van der Waals surface area contributed by atoms with Crippen LogP contribution in [0.25, 0.3) is 0 Å². The zero-order chi connectivity index (χ0) is 16.2. The number of hydrogen-bond acceptors (Lipinski definition) is 3. The van der Waals surface area contributed by atoms with E-state index in [-0.39, 0.29) is 0 Å². The fraction of sp³-hybridized carbons (Fsp3) is 0.182. The number of halogens is 3. The molecule has 0 radical (unpaired) electrons. The average Bonchev–Trinajstić information content (AvgIpc) is 2.32. The highest BCUT2D eigenvalue weighted by atomic mass is 79.9. The molecular formula is C11H9Br3N2O5. The minimum Gasteiger partial charge on any atom is -0.481 e. The molecular weight excluding hydrogens is 480 g/mol. The number of urea groups is 1. The van der Waals surface area contributed by atoms with Crippen molar-refractivity contribution in [1.82, 2.24) is 5.32 Å². The van der Waals surface area contributed by atoms with Gasteiger partial charge in [-0.25, -0.2) is 9.59 Å². The first-order valence-electron chi connectivity index (χ1n) is 5.37. The van der Waals surface area contributed by atoms with Crippen molar-refractivity contribution < 1.29 is 24.6 Å². The molecule has 1 rings (SSSR count). The summed E-state index contributed by atoms with van der Waals surface area (Å²) in [5.74, 6) is -2.75. The fourth-order valence-corrected chi connectivity index (χ4v) is 3.80. The van der Waals surface area contributed by atoms with Crippen molar-refractivity contribution in [1.29, 1.82) is 0 Å². The third-order valence-corrected chi connectivity index (χ3v) is 3.94. The van der Waals surface area contributed by atoms with Gasteiger partial charge < -0.3 is 20.8 Å². The number of carbonyl (C=O) groups excluding carboxylic acids is 1. The molecule has 7 nitrogen and oxygen atoms in total. The van der Waals surface area contributed by atoms with E-state index in [9.17, 15) is 14.4 Å². The Morgan fingerprint density at radius 1 is 1.10 bits per heavy atom. The first-order chi connectivity index (χ1) is 9.70. The molecule has 4 N–H and O–H groups in total. The van der Waals surface area contributed by atoms with Crippen LogP contribution in [0.3, 0.4) is 0 Å². The van der Waals surface area contributed by atoms with Crippen LogP contribution in [0.2, 0.25) is 0 Å². The van der Waals surface area contributed by atoms with Gasteiger partial charge in [0.25, 0.3) is 0 Å². The standard InChI is InChI=1S/C11H9Br3N2O5/c12-4-1-5(13)9(6(14)2-4)16-11(21)15-7(10(19)20)3-8(17)18/h1-2,7H,3H2,(H,17,18)(H,19,20)(H2,15,16,21)/t7-/m1/s1. The molecule has 0 spiro atoms. The number of carboxylic acids is 2. The lowest BCUT2D eigenvalue weighted by molar-refractivity contribution is -0.145. The van der Waals surface area contributed by atoms with Gasteiger partial charge in [-0.1, -0.05) is 15.9 Å². The molecule has 0 unspecified atom stereocenters. The Balaban J connectivity index is 2.82. The summed E-state index contributed by atoms with van der Waals surface area (Å²) in [6, 6.07) is 1.03. The summed E-state index contributed by atoms with van der Waals surface area (Å²) in [6.45, 7) is 0. The molecule has 114 valence electrons. The largest absolute Gasteiger partial charge is 0.481 e. The SMILES string of the molecule is O=C(O)C[C@@H](NC(=O)Nc1c(Br)cc(Br)cc1Br)C(=O)O. The van der Waals surface area contributed by atoms with Crippen LogP contribution < -0.4 is 10.6 Å². The molecule has 0 aliphatic heterocycles. The highest BCUT2D eigenvalue weighted by molar-refractivity contribution is 9.11. The van der Waals surface area contributed by atoms with Gasteiger partial charge in [0.2, 0.25) is 0 Å². The predicted octanol–water partition coefficient (Wildman–Crippen LogP) is 3.02. The van der Waals surface area contributed by atoms with E-state index >= 15 is 0 Å². The maximum Gasteiger partial charge on any atom is 0.326 e. The Morgan fingerprint density at radius 3 is 2.05 bits per heavy atom. The zero-order valence-corrected chi connectivity index (χ0v) is 15.0. The van der Waals surface area contributed by atoms with Gasteiger partial charge in [-0.05, 0) is 44.0 Å². The van der Waals surface area contributed by atoms with Crippen LogP contribution in [0.1, 0.15) is 6.42 Å². The summed E-state index contributed by atoms with van der Waals surface area (Å²) in [5.41, 5.74) is 0.384. The minimum absolute atomic E-state index is 0.384. The molecule has 0 fully saturated rings. The van der Waals surface area contributed by atoms with Gasteiger partial charge >= 0.3 is 18.0 Å². The quantitative estimate of drug-likeness (QED) is 0.508. The first-order valence-corrected chi connectivity index (χ1v) is 7.75. The van der Waals surface area contributed by atoms with E-state index < -0.39 is 30.4 Å². The van der Waals surface area contributed by atoms with Crippen LogP contribution in [0.4, 0.5) is 10.5 Å². The molecule has 0 bridgehead atoms. The summed E-state index contributed by atoms with van der Waals surface area (Å²) in [4.78, 5) is 33.2. The summed E-state index contributed by atoms with van der Waals surface area (Å²) < 4.78 is 1.88. The monoisotopic (exact) mass is 486 g/mol. The fourth-order valence-electron chi connectivity index (χ4n) is 1.34. The van der Waals surface area contributed by atoms with Gasteiger partial charge in [0.1, 0.15) is 6.04 Å².